The van der Waals surface area contributed by atoms with Gasteiger partial charge in [-0.2, -0.15) is 0 Å². The second-order valence-electron chi connectivity index (χ2n) is 5.99. The van der Waals surface area contributed by atoms with Crippen LogP contribution in [0.3, 0.4) is 0 Å². The summed E-state index contributed by atoms with van der Waals surface area (Å²) in [5, 5.41) is 19.3. The number of ether oxygens (including phenoxy) is 3. The number of esters is 1. The molecule has 0 saturated carbocycles. The Bertz CT molecular complexity index is 873. The third kappa shape index (κ3) is 5.36. The number of rotatable bonds is 10. The minimum Gasteiger partial charge on any atom is -0.457 e. The zero-order valence-electron chi connectivity index (χ0n) is 15.2. The maximum absolute atomic E-state index is 12.2. The van der Waals surface area contributed by atoms with Crippen molar-refractivity contribution in [3.63, 3.8) is 0 Å². The second kappa shape index (κ2) is 9.95. The molecule has 0 bridgehead atoms. The third-order valence-electron chi connectivity index (χ3n) is 3.90. The van der Waals surface area contributed by atoms with Crippen LogP contribution in [-0.4, -0.2) is 64.9 Å². The molecular formula is C18H22N2O8. The highest BCUT2D eigenvalue weighted by molar-refractivity contribution is 5.89. The van der Waals surface area contributed by atoms with Crippen LogP contribution in [-0.2, 0) is 14.2 Å². The van der Waals surface area contributed by atoms with Crippen LogP contribution in [0.15, 0.2) is 52.2 Å². The summed E-state index contributed by atoms with van der Waals surface area (Å²) in [5.74, 6) is -0.656. The average Bonchev–Trinajstić information content (AvgIpc) is 2.71. The number of nitrogens with zero attached hydrogens (tertiary/aromatic N) is 1. The first-order chi connectivity index (χ1) is 13.4. The fraction of sp³-hybridized carbons (Fsp3) is 0.389. The van der Waals surface area contributed by atoms with Gasteiger partial charge in [0.25, 0.3) is 5.56 Å². The van der Waals surface area contributed by atoms with Crippen LogP contribution in [0.2, 0.25) is 0 Å². The number of nitrogens with one attached hydrogen (secondary N) is 1. The van der Waals surface area contributed by atoms with Gasteiger partial charge >= 0.3 is 11.7 Å². The quantitative estimate of drug-likeness (QED) is 0.449. The first-order valence-electron chi connectivity index (χ1n) is 8.37. The normalized spacial score (nSPS) is 12.5. The topological polar surface area (TPSA) is 140 Å². The highest BCUT2D eigenvalue weighted by atomic mass is 16.6. The average molecular weight is 394 g/mol. The van der Waals surface area contributed by atoms with E-state index in [0.29, 0.717) is 5.56 Å². The van der Waals surface area contributed by atoms with Crippen LogP contribution in [0.25, 0.3) is 0 Å². The van der Waals surface area contributed by atoms with E-state index in [1.807, 2.05) is 0 Å². The van der Waals surface area contributed by atoms with E-state index in [4.69, 9.17) is 14.2 Å². The molecular weight excluding hydrogens is 372 g/mol. The van der Waals surface area contributed by atoms with E-state index >= 15 is 0 Å². The van der Waals surface area contributed by atoms with Crippen molar-refractivity contribution in [2.24, 2.45) is 0 Å². The van der Waals surface area contributed by atoms with Crippen molar-refractivity contribution in [2.75, 3.05) is 33.5 Å². The van der Waals surface area contributed by atoms with Crippen molar-refractivity contribution >= 4 is 5.97 Å². The lowest BCUT2D eigenvalue weighted by molar-refractivity contribution is -0.199. The molecule has 28 heavy (non-hydrogen) atoms. The first-order valence-corrected chi connectivity index (χ1v) is 8.37. The molecule has 0 aliphatic rings. The van der Waals surface area contributed by atoms with Gasteiger partial charge < -0.3 is 24.4 Å². The Morgan fingerprint density at radius 3 is 2.43 bits per heavy atom. The molecule has 0 aliphatic heterocycles. The minimum atomic E-state index is -1.56. The number of aromatic amines is 1. The number of hydrogen-bond acceptors (Lipinski definition) is 8. The molecule has 0 saturated heterocycles. The van der Waals surface area contributed by atoms with Crippen molar-refractivity contribution in [1.82, 2.24) is 9.55 Å². The number of carbonyl (C=O) groups excluding carboxylic acids is 1. The Hall–Kier alpha value is -2.79. The zero-order chi connectivity index (χ0) is 20.6. The van der Waals surface area contributed by atoms with Crippen LogP contribution in [0.1, 0.15) is 16.6 Å². The second-order valence-corrected chi connectivity index (χ2v) is 5.99. The van der Waals surface area contributed by atoms with Gasteiger partial charge in [-0.1, -0.05) is 18.2 Å². The number of benzene rings is 1. The van der Waals surface area contributed by atoms with Crippen LogP contribution >= 0.6 is 0 Å². The van der Waals surface area contributed by atoms with Gasteiger partial charge in [0, 0.05) is 19.4 Å². The molecule has 152 valence electrons. The summed E-state index contributed by atoms with van der Waals surface area (Å²) in [6.07, 6.45) is -0.0828. The van der Waals surface area contributed by atoms with Crippen LogP contribution in [0.4, 0.5) is 0 Å². The molecule has 2 rings (SSSR count). The van der Waals surface area contributed by atoms with E-state index in [1.165, 1.54) is 7.11 Å². The number of hydrogen-bond donors (Lipinski definition) is 3. The highest BCUT2D eigenvalue weighted by Crippen LogP contribution is 2.20. The molecule has 0 amide bonds. The van der Waals surface area contributed by atoms with Crippen LogP contribution in [0.5, 0.6) is 0 Å². The molecule has 0 unspecified atom stereocenters. The first kappa shape index (κ1) is 21.5. The number of aliphatic hydroxyl groups is 2. The van der Waals surface area contributed by atoms with Gasteiger partial charge in [0.2, 0.25) is 0 Å². The lowest BCUT2D eigenvalue weighted by Gasteiger charge is -2.33. The summed E-state index contributed by atoms with van der Waals surface area (Å²) in [5.41, 5.74) is -2.69. The SMILES string of the molecule is COCC(CO)(CO)O[C@H](COC(=O)c1ccccc1)n1ccc(=O)[nH]c1=O. The molecule has 1 atom stereocenters. The number of aromatic nitrogens is 2. The van der Waals surface area contributed by atoms with Crippen LogP contribution in [0, 0.1) is 0 Å². The fourth-order valence-electron chi connectivity index (χ4n) is 2.43. The number of aliphatic hydroxyl groups excluding tert-OH is 2. The fourth-order valence-corrected chi connectivity index (χ4v) is 2.43. The lowest BCUT2D eigenvalue weighted by atomic mass is 10.1. The van der Waals surface area contributed by atoms with Crippen molar-refractivity contribution in [2.45, 2.75) is 11.8 Å². The molecule has 0 aliphatic carbocycles. The molecule has 1 aromatic carbocycles. The largest absolute Gasteiger partial charge is 0.457 e. The number of carbonyl (C=O) groups is 1. The third-order valence-corrected chi connectivity index (χ3v) is 3.90. The Balaban J connectivity index is 2.29. The molecule has 2 aromatic rings. The summed E-state index contributed by atoms with van der Waals surface area (Å²) in [6.45, 7) is -1.87. The molecule has 1 heterocycles. The van der Waals surface area contributed by atoms with Crippen LogP contribution < -0.4 is 11.2 Å². The number of H-pyrrole nitrogens is 1. The lowest BCUT2D eigenvalue weighted by Crippen LogP contribution is -2.49. The molecule has 1 aromatic heterocycles. The predicted molar refractivity (Wildman–Crippen MR) is 96.9 cm³/mol. The highest BCUT2D eigenvalue weighted by Gasteiger charge is 2.35. The van der Waals surface area contributed by atoms with E-state index in [0.717, 1.165) is 16.8 Å². The molecule has 10 nitrogen and oxygen atoms in total. The molecule has 3 N–H and O–H groups in total. The molecule has 0 spiro atoms. The minimum absolute atomic E-state index is 0.193. The van der Waals surface area contributed by atoms with Crippen molar-refractivity contribution < 1.29 is 29.2 Å². The summed E-state index contributed by atoms with van der Waals surface area (Å²) >= 11 is 0. The van der Waals surface area contributed by atoms with Crippen molar-refractivity contribution in [3.8, 4) is 0 Å². The summed E-state index contributed by atoms with van der Waals surface area (Å²) in [4.78, 5) is 37.7. The van der Waals surface area contributed by atoms with E-state index in [9.17, 15) is 24.6 Å². The van der Waals surface area contributed by atoms with E-state index in [2.05, 4.69) is 4.98 Å². The Kier molecular flexibility index (Phi) is 7.64. The maximum atomic E-state index is 12.2. The predicted octanol–water partition coefficient (Wildman–Crippen LogP) is -0.721. The van der Waals surface area contributed by atoms with E-state index in [1.54, 1.807) is 30.3 Å². The Labute approximate surface area is 159 Å². The Morgan fingerprint density at radius 1 is 1.18 bits per heavy atom. The van der Waals surface area contributed by atoms with Gasteiger partial charge in [0.1, 0.15) is 12.2 Å². The Morgan fingerprint density at radius 2 is 1.86 bits per heavy atom. The molecule has 0 radical (unpaired) electrons. The van der Waals surface area contributed by atoms with Gasteiger partial charge in [0.05, 0.1) is 25.4 Å². The smallest absolute Gasteiger partial charge is 0.338 e. The number of methoxy groups -OCH3 is 1. The molecule has 0 fully saturated rings. The van der Waals surface area contributed by atoms with Gasteiger partial charge in [-0.05, 0) is 12.1 Å². The van der Waals surface area contributed by atoms with E-state index in [-0.39, 0.29) is 6.61 Å². The van der Waals surface area contributed by atoms with Gasteiger partial charge in [-0.3, -0.25) is 14.3 Å². The van der Waals surface area contributed by atoms with Gasteiger partial charge in [-0.25, -0.2) is 9.59 Å². The van der Waals surface area contributed by atoms with Crippen molar-refractivity contribution in [3.05, 3.63) is 69.0 Å². The maximum Gasteiger partial charge on any atom is 0.338 e. The monoisotopic (exact) mass is 394 g/mol. The summed E-state index contributed by atoms with van der Waals surface area (Å²) < 4.78 is 16.9. The van der Waals surface area contributed by atoms with Gasteiger partial charge in [-0.15, -0.1) is 0 Å². The summed E-state index contributed by atoms with van der Waals surface area (Å²) in [6, 6.07) is 9.27. The van der Waals surface area contributed by atoms with Gasteiger partial charge in [0.15, 0.2) is 6.23 Å². The van der Waals surface area contributed by atoms with Crippen molar-refractivity contribution in [1.29, 1.82) is 0 Å². The standard InChI is InChI=1S/C18H22N2O8/c1-26-12-18(10-21,11-22)28-15(20-8-7-14(23)19-17(20)25)9-27-16(24)13-5-3-2-4-6-13/h2-8,15,21-22H,9-12H2,1H3,(H,19,23,25)/t15-/m1/s1. The summed E-state index contributed by atoms with van der Waals surface area (Å²) in [7, 11) is 1.35. The molecule has 10 heteroatoms. The van der Waals surface area contributed by atoms with E-state index < -0.39 is 48.9 Å². The zero-order valence-corrected chi connectivity index (χ0v) is 15.2.